The number of carbonyl (C=O) groups is 1. The van der Waals surface area contributed by atoms with E-state index in [2.05, 4.69) is 13.8 Å². The molecule has 1 aromatic heterocycles. The Morgan fingerprint density at radius 1 is 1.26 bits per heavy atom. The highest BCUT2D eigenvalue weighted by Crippen LogP contribution is 2.24. The number of carbonyl (C=O) groups excluding carboxylic acids is 1. The molecule has 2 N–H and O–H groups in total. The van der Waals surface area contributed by atoms with Crippen LogP contribution in [0.2, 0.25) is 0 Å². The molecule has 0 radical (unpaired) electrons. The first-order chi connectivity index (χ1) is 8.73. The third-order valence-electron chi connectivity index (χ3n) is 3.62. The summed E-state index contributed by atoms with van der Waals surface area (Å²) >= 11 is 0. The molecule has 0 saturated carbocycles. The Morgan fingerprint density at radius 2 is 1.84 bits per heavy atom. The molecule has 0 aliphatic heterocycles. The molecule has 1 rings (SSSR count). The van der Waals surface area contributed by atoms with Crippen LogP contribution < -0.4 is 5.73 Å². The van der Waals surface area contributed by atoms with Crippen molar-refractivity contribution in [1.82, 2.24) is 4.90 Å². The van der Waals surface area contributed by atoms with Crippen molar-refractivity contribution < 1.29 is 9.21 Å². The summed E-state index contributed by atoms with van der Waals surface area (Å²) in [6.45, 7) is 13.7. The number of hydrogen-bond donors (Lipinski definition) is 1. The smallest absolute Gasteiger partial charge is 0.257 e. The zero-order valence-electron chi connectivity index (χ0n) is 13.0. The van der Waals surface area contributed by atoms with Crippen LogP contribution in [0.25, 0.3) is 0 Å². The van der Waals surface area contributed by atoms with Crippen molar-refractivity contribution in [2.24, 2.45) is 11.1 Å². The van der Waals surface area contributed by atoms with Gasteiger partial charge in [-0.3, -0.25) is 4.79 Å². The van der Waals surface area contributed by atoms with Crippen LogP contribution in [0.3, 0.4) is 0 Å². The van der Waals surface area contributed by atoms with Crippen molar-refractivity contribution in [3.63, 3.8) is 0 Å². The Bertz CT molecular complexity index is 461. The summed E-state index contributed by atoms with van der Waals surface area (Å²) in [6, 6.07) is 0. The highest BCUT2D eigenvalue weighted by Gasteiger charge is 2.27. The lowest BCUT2D eigenvalue weighted by molar-refractivity contribution is 0.0698. The van der Waals surface area contributed by atoms with Crippen LogP contribution in [0.5, 0.6) is 0 Å². The molecule has 19 heavy (non-hydrogen) atoms. The van der Waals surface area contributed by atoms with E-state index < -0.39 is 0 Å². The van der Waals surface area contributed by atoms with Crippen molar-refractivity contribution in [3.05, 3.63) is 22.6 Å². The Morgan fingerprint density at radius 3 is 2.21 bits per heavy atom. The maximum atomic E-state index is 12.6. The molecule has 0 bridgehead atoms. The SMILES string of the molecule is CCN(CC(C)(C)CN)C(=O)c1c(C)oc(C)c1C. The molecular formula is C15H26N2O2. The highest BCUT2D eigenvalue weighted by atomic mass is 16.3. The minimum atomic E-state index is -0.0771. The third kappa shape index (κ3) is 3.38. The molecule has 0 unspecified atom stereocenters. The lowest BCUT2D eigenvalue weighted by atomic mass is 9.92. The fourth-order valence-corrected chi connectivity index (χ4v) is 2.17. The fraction of sp³-hybridized carbons (Fsp3) is 0.667. The van der Waals surface area contributed by atoms with E-state index in [-0.39, 0.29) is 11.3 Å². The van der Waals surface area contributed by atoms with Gasteiger partial charge in [0.25, 0.3) is 5.91 Å². The quantitative estimate of drug-likeness (QED) is 0.891. The Kier molecular flexibility index (Phi) is 4.80. The van der Waals surface area contributed by atoms with Gasteiger partial charge < -0.3 is 15.1 Å². The zero-order valence-corrected chi connectivity index (χ0v) is 13.0. The van der Waals surface area contributed by atoms with Crippen LogP contribution in [-0.2, 0) is 0 Å². The molecule has 0 saturated heterocycles. The normalized spacial score (nSPS) is 11.7. The van der Waals surface area contributed by atoms with E-state index in [0.29, 0.717) is 31.0 Å². The van der Waals surface area contributed by atoms with E-state index in [0.717, 1.165) is 11.3 Å². The first-order valence-corrected chi connectivity index (χ1v) is 6.79. The molecule has 108 valence electrons. The first kappa shape index (κ1) is 15.8. The number of furan rings is 1. The van der Waals surface area contributed by atoms with Crippen molar-refractivity contribution in [1.29, 1.82) is 0 Å². The average molecular weight is 266 g/mol. The predicted molar refractivity (Wildman–Crippen MR) is 77.3 cm³/mol. The van der Waals surface area contributed by atoms with Gasteiger partial charge in [-0.15, -0.1) is 0 Å². The van der Waals surface area contributed by atoms with E-state index in [4.69, 9.17) is 10.2 Å². The number of aryl methyl sites for hydroxylation is 2. The lowest BCUT2D eigenvalue weighted by Gasteiger charge is -2.31. The largest absolute Gasteiger partial charge is 0.466 e. The predicted octanol–water partition coefficient (Wildman–Crippen LogP) is 2.65. The number of amides is 1. The van der Waals surface area contributed by atoms with Crippen LogP contribution in [0.1, 0.15) is 48.2 Å². The minimum Gasteiger partial charge on any atom is -0.466 e. The van der Waals surface area contributed by atoms with Gasteiger partial charge in [0, 0.05) is 18.7 Å². The monoisotopic (exact) mass is 266 g/mol. The van der Waals surface area contributed by atoms with Crippen LogP contribution in [0, 0.1) is 26.2 Å². The van der Waals surface area contributed by atoms with Gasteiger partial charge in [-0.1, -0.05) is 13.8 Å². The summed E-state index contributed by atoms with van der Waals surface area (Å²) in [5.41, 5.74) is 7.32. The van der Waals surface area contributed by atoms with Gasteiger partial charge in [0.15, 0.2) is 0 Å². The van der Waals surface area contributed by atoms with Crippen molar-refractivity contribution in [2.45, 2.75) is 41.5 Å². The lowest BCUT2D eigenvalue weighted by Crippen LogP contribution is -2.42. The third-order valence-corrected chi connectivity index (χ3v) is 3.62. The Balaban J connectivity index is 3.02. The molecule has 0 spiro atoms. The second-order valence-corrected chi connectivity index (χ2v) is 5.90. The maximum absolute atomic E-state index is 12.6. The molecule has 0 aliphatic carbocycles. The minimum absolute atomic E-state index is 0.0378. The van der Waals surface area contributed by atoms with E-state index >= 15 is 0 Å². The van der Waals surface area contributed by atoms with Gasteiger partial charge >= 0.3 is 0 Å². The molecule has 4 heteroatoms. The second kappa shape index (κ2) is 5.78. The summed E-state index contributed by atoms with van der Waals surface area (Å²) in [5.74, 6) is 1.55. The van der Waals surface area contributed by atoms with Gasteiger partial charge in [-0.25, -0.2) is 0 Å². The van der Waals surface area contributed by atoms with Gasteiger partial charge in [-0.05, 0) is 39.7 Å². The summed E-state index contributed by atoms with van der Waals surface area (Å²) < 4.78 is 5.55. The number of nitrogens with zero attached hydrogens (tertiary/aromatic N) is 1. The van der Waals surface area contributed by atoms with Gasteiger partial charge in [0.2, 0.25) is 0 Å². The Labute approximate surface area is 116 Å². The Hall–Kier alpha value is -1.29. The standard InChI is InChI=1S/C15H26N2O2/c1-7-17(9-15(5,6)8-16)14(18)13-10(2)11(3)19-12(13)4/h7-9,16H2,1-6H3. The maximum Gasteiger partial charge on any atom is 0.257 e. The molecular weight excluding hydrogens is 240 g/mol. The molecule has 1 aromatic rings. The van der Waals surface area contributed by atoms with E-state index in [9.17, 15) is 4.79 Å². The molecule has 1 amide bonds. The summed E-state index contributed by atoms with van der Waals surface area (Å²) in [6.07, 6.45) is 0. The van der Waals surface area contributed by atoms with Gasteiger partial charge in [-0.2, -0.15) is 0 Å². The van der Waals surface area contributed by atoms with Crippen molar-refractivity contribution in [2.75, 3.05) is 19.6 Å². The van der Waals surface area contributed by atoms with Crippen LogP contribution in [0.4, 0.5) is 0 Å². The molecule has 0 aliphatic rings. The summed E-state index contributed by atoms with van der Waals surface area (Å²) in [5, 5.41) is 0. The first-order valence-electron chi connectivity index (χ1n) is 6.79. The van der Waals surface area contributed by atoms with Gasteiger partial charge in [0.1, 0.15) is 11.5 Å². The van der Waals surface area contributed by atoms with Crippen LogP contribution in [-0.4, -0.2) is 30.4 Å². The second-order valence-electron chi connectivity index (χ2n) is 5.90. The average Bonchev–Trinajstić information content (AvgIpc) is 2.60. The molecule has 0 atom stereocenters. The highest BCUT2D eigenvalue weighted by molar-refractivity contribution is 5.96. The van der Waals surface area contributed by atoms with Crippen LogP contribution in [0.15, 0.2) is 4.42 Å². The van der Waals surface area contributed by atoms with E-state index in [1.54, 1.807) is 0 Å². The van der Waals surface area contributed by atoms with E-state index in [1.165, 1.54) is 0 Å². The molecule has 0 fully saturated rings. The summed E-state index contributed by atoms with van der Waals surface area (Å²) in [7, 11) is 0. The van der Waals surface area contributed by atoms with E-state index in [1.807, 2.05) is 32.6 Å². The molecule has 1 heterocycles. The number of nitrogens with two attached hydrogens (primary N) is 1. The fourth-order valence-electron chi connectivity index (χ4n) is 2.17. The zero-order chi connectivity index (χ0) is 14.8. The topological polar surface area (TPSA) is 59.5 Å². The van der Waals surface area contributed by atoms with Crippen LogP contribution >= 0.6 is 0 Å². The summed E-state index contributed by atoms with van der Waals surface area (Å²) in [4.78, 5) is 14.5. The number of rotatable bonds is 5. The van der Waals surface area contributed by atoms with Gasteiger partial charge in [0.05, 0.1) is 5.56 Å². The number of hydrogen-bond acceptors (Lipinski definition) is 3. The molecule has 4 nitrogen and oxygen atoms in total. The molecule has 0 aromatic carbocycles. The van der Waals surface area contributed by atoms with Crippen molar-refractivity contribution in [3.8, 4) is 0 Å². The van der Waals surface area contributed by atoms with Crippen molar-refractivity contribution >= 4 is 5.91 Å².